The van der Waals surface area contributed by atoms with Crippen LogP contribution in [0.15, 0.2) is 23.4 Å². The first kappa shape index (κ1) is 19.4. The molecule has 2 aliphatic carbocycles. The molecular formula is C22H28N4OS. The molecule has 5 nitrogen and oxygen atoms in total. The van der Waals surface area contributed by atoms with Crippen LogP contribution in [0.1, 0.15) is 69.0 Å². The molecule has 2 bridgehead atoms. The highest BCUT2D eigenvalue weighted by atomic mass is 32.2. The summed E-state index contributed by atoms with van der Waals surface area (Å²) in [7, 11) is 0. The van der Waals surface area contributed by atoms with Crippen LogP contribution in [0.25, 0.3) is 0 Å². The first-order valence-corrected chi connectivity index (χ1v) is 10.8. The molecule has 1 N–H and O–H groups in total. The molecule has 2 aliphatic rings. The van der Waals surface area contributed by atoms with Crippen molar-refractivity contribution < 1.29 is 4.79 Å². The Labute approximate surface area is 171 Å². The summed E-state index contributed by atoms with van der Waals surface area (Å²) in [6.45, 7) is 12.9. The molecule has 6 heteroatoms. The third-order valence-electron chi connectivity index (χ3n) is 7.06. The first-order valence-electron chi connectivity index (χ1n) is 9.93. The zero-order valence-electron chi connectivity index (χ0n) is 17.5. The Hall–Kier alpha value is -1.95. The van der Waals surface area contributed by atoms with Crippen molar-refractivity contribution >= 4 is 23.4 Å². The number of hydrogen-bond acceptors (Lipinski definition) is 5. The molecule has 3 atom stereocenters. The van der Waals surface area contributed by atoms with Gasteiger partial charge in [0, 0.05) is 17.0 Å². The summed E-state index contributed by atoms with van der Waals surface area (Å²) < 4.78 is 0. The Morgan fingerprint density at radius 3 is 2.71 bits per heavy atom. The molecule has 1 amide bonds. The maximum absolute atomic E-state index is 12.7. The number of nitrogens with zero attached hydrogens (tertiary/aromatic N) is 3. The molecule has 2 aromatic rings. The lowest BCUT2D eigenvalue weighted by Crippen LogP contribution is -2.32. The number of carbonyl (C=O) groups excluding carboxylic acids is 1. The van der Waals surface area contributed by atoms with E-state index in [0.29, 0.717) is 11.1 Å². The molecule has 4 rings (SSSR count). The summed E-state index contributed by atoms with van der Waals surface area (Å²) >= 11 is 1.38. The molecule has 148 valence electrons. The van der Waals surface area contributed by atoms with Gasteiger partial charge in [0.15, 0.2) is 0 Å². The lowest BCUT2D eigenvalue weighted by atomic mass is 9.70. The van der Waals surface area contributed by atoms with Crippen LogP contribution >= 0.6 is 11.8 Å². The van der Waals surface area contributed by atoms with E-state index in [1.54, 1.807) is 0 Å². The summed E-state index contributed by atoms with van der Waals surface area (Å²) in [6, 6.07) is 6.02. The van der Waals surface area contributed by atoms with Crippen molar-refractivity contribution in [1.82, 2.24) is 15.2 Å². The monoisotopic (exact) mass is 396 g/mol. The zero-order valence-corrected chi connectivity index (χ0v) is 18.3. The van der Waals surface area contributed by atoms with Gasteiger partial charge in [0.1, 0.15) is 0 Å². The number of amides is 1. The van der Waals surface area contributed by atoms with Gasteiger partial charge in [0.25, 0.3) is 0 Å². The van der Waals surface area contributed by atoms with Gasteiger partial charge in [-0.3, -0.25) is 4.79 Å². The minimum Gasteiger partial charge on any atom is -0.325 e. The summed E-state index contributed by atoms with van der Waals surface area (Å²) in [5.41, 5.74) is 5.45. The second-order valence-corrected chi connectivity index (χ2v) is 10.3. The Kier molecular flexibility index (Phi) is 4.53. The topological polar surface area (TPSA) is 67.8 Å². The van der Waals surface area contributed by atoms with E-state index in [9.17, 15) is 4.79 Å². The molecule has 0 spiro atoms. The van der Waals surface area contributed by atoms with Crippen molar-refractivity contribution in [1.29, 1.82) is 0 Å². The maximum atomic E-state index is 12.7. The Balaban J connectivity index is 1.51. The summed E-state index contributed by atoms with van der Waals surface area (Å²) in [6.07, 6.45) is 2.30. The molecule has 1 heterocycles. The molecule has 28 heavy (non-hydrogen) atoms. The minimum atomic E-state index is -0.306. The quantitative estimate of drug-likeness (QED) is 0.753. The van der Waals surface area contributed by atoms with Gasteiger partial charge in [-0.05, 0) is 50.7 Å². The van der Waals surface area contributed by atoms with Crippen molar-refractivity contribution in [3.8, 4) is 0 Å². The van der Waals surface area contributed by atoms with Gasteiger partial charge in [-0.1, -0.05) is 50.2 Å². The fourth-order valence-electron chi connectivity index (χ4n) is 4.81. The number of benzene rings is 1. The number of aryl methyl sites for hydroxylation is 2. The van der Waals surface area contributed by atoms with Gasteiger partial charge in [0.2, 0.25) is 11.1 Å². The van der Waals surface area contributed by atoms with Crippen molar-refractivity contribution in [2.75, 3.05) is 5.32 Å². The fourth-order valence-corrected chi connectivity index (χ4v) is 5.53. The van der Waals surface area contributed by atoms with E-state index >= 15 is 0 Å². The molecule has 0 radical (unpaired) electrons. The summed E-state index contributed by atoms with van der Waals surface area (Å²) in [5.74, 6) is 0.394. The highest BCUT2D eigenvalue weighted by Crippen LogP contribution is 2.66. The number of aromatic nitrogens is 3. The second-order valence-electron chi connectivity index (χ2n) is 9.04. The lowest BCUT2D eigenvalue weighted by Gasteiger charge is -2.34. The van der Waals surface area contributed by atoms with E-state index in [2.05, 4.69) is 42.4 Å². The second kappa shape index (κ2) is 6.55. The molecule has 1 fully saturated rings. The standard InChI is InChI=1S/C22H28N4OS/c1-12-7-8-16(13(2)11-12)23-19(27)14(3)28-20-24-18-17(25-26-20)15-9-10-22(18,6)21(15,4)5/h7-8,11,14-15H,9-10H2,1-6H3,(H,23,27)/t14-,15-,22-/m1/s1. The Morgan fingerprint density at radius 2 is 2.00 bits per heavy atom. The molecule has 1 saturated carbocycles. The van der Waals surface area contributed by atoms with Crippen LogP contribution in [-0.2, 0) is 10.2 Å². The number of anilines is 1. The third-order valence-corrected chi connectivity index (χ3v) is 8.01. The average molecular weight is 397 g/mol. The van der Waals surface area contributed by atoms with Gasteiger partial charge in [-0.25, -0.2) is 4.98 Å². The highest BCUT2D eigenvalue weighted by molar-refractivity contribution is 8.00. The van der Waals surface area contributed by atoms with Crippen LogP contribution in [0, 0.1) is 19.3 Å². The normalized spacial score (nSPS) is 25.4. The Morgan fingerprint density at radius 1 is 1.25 bits per heavy atom. The SMILES string of the molecule is Cc1ccc(NC(=O)[C@@H](C)Sc2nnc3c(n2)[C@@]2(C)CC[C@H]3C2(C)C)c(C)c1. The fraction of sp³-hybridized carbons (Fsp3) is 0.545. The first-order chi connectivity index (χ1) is 13.1. The molecule has 0 aliphatic heterocycles. The molecule has 0 saturated heterocycles. The third kappa shape index (κ3) is 2.84. The van der Waals surface area contributed by atoms with Gasteiger partial charge < -0.3 is 5.32 Å². The average Bonchev–Trinajstić information content (AvgIpc) is 2.96. The number of thioether (sulfide) groups is 1. The highest BCUT2D eigenvalue weighted by Gasteiger charge is 2.61. The summed E-state index contributed by atoms with van der Waals surface area (Å²) in [5, 5.41) is 12.2. The van der Waals surface area contributed by atoms with Crippen molar-refractivity contribution in [3.05, 3.63) is 40.7 Å². The van der Waals surface area contributed by atoms with E-state index < -0.39 is 0 Å². The number of rotatable bonds is 4. The van der Waals surface area contributed by atoms with Gasteiger partial charge >= 0.3 is 0 Å². The smallest absolute Gasteiger partial charge is 0.237 e. The van der Waals surface area contributed by atoms with Crippen LogP contribution in [0.4, 0.5) is 5.69 Å². The van der Waals surface area contributed by atoms with Gasteiger partial charge in [-0.15, -0.1) is 5.10 Å². The van der Waals surface area contributed by atoms with Crippen LogP contribution in [0.2, 0.25) is 0 Å². The van der Waals surface area contributed by atoms with E-state index in [1.165, 1.54) is 17.3 Å². The van der Waals surface area contributed by atoms with E-state index in [-0.39, 0.29) is 22.0 Å². The minimum absolute atomic E-state index is 0.0444. The van der Waals surface area contributed by atoms with E-state index in [4.69, 9.17) is 4.98 Å². The van der Waals surface area contributed by atoms with Crippen LogP contribution in [0.5, 0.6) is 0 Å². The maximum Gasteiger partial charge on any atom is 0.237 e. The molecule has 1 aromatic carbocycles. The molecule has 0 unspecified atom stereocenters. The van der Waals surface area contributed by atoms with Crippen molar-refractivity contribution in [2.45, 2.75) is 76.1 Å². The summed E-state index contributed by atoms with van der Waals surface area (Å²) in [4.78, 5) is 17.5. The van der Waals surface area contributed by atoms with Crippen LogP contribution in [-0.4, -0.2) is 26.3 Å². The predicted molar refractivity (Wildman–Crippen MR) is 113 cm³/mol. The number of hydrogen-bond donors (Lipinski definition) is 1. The number of carbonyl (C=O) groups is 1. The van der Waals surface area contributed by atoms with E-state index in [0.717, 1.165) is 35.5 Å². The molecular weight excluding hydrogens is 368 g/mol. The number of nitrogens with one attached hydrogen (secondary N) is 1. The van der Waals surface area contributed by atoms with Gasteiger partial charge in [0.05, 0.1) is 16.6 Å². The van der Waals surface area contributed by atoms with Gasteiger partial charge in [-0.2, -0.15) is 5.10 Å². The van der Waals surface area contributed by atoms with Crippen LogP contribution in [0.3, 0.4) is 0 Å². The zero-order chi connectivity index (χ0) is 20.3. The predicted octanol–water partition coefficient (Wildman–Crippen LogP) is 4.78. The van der Waals surface area contributed by atoms with E-state index in [1.807, 2.05) is 32.9 Å². The largest absolute Gasteiger partial charge is 0.325 e. The Bertz CT molecular complexity index is 958. The van der Waals surface area contributed by atoms with Crippen molar-refractivity contribution in [2.24, 2.45) is 5.41 Å². The van der Waals surface area contributed by atoms with Crippen molar-refractivity contribution in [3.63, 3.8) is 0 Å². The number of fused-ring (bicyclic) bond motifs is 5. The van der Waals surface area contributed by atoms with Crippen LogP contribution < -0.4 is 5.32 Å². The molecule has 1 aromatic heterocycles. The lowest BCUT2D eigenvalue weighted by molar-refractivity contribution is -0.115.